The van der Waals surface area contributed by atoms with E-state index in [9.17, 15) is 0 Å². The SMILES string of the molecule is C=CC[n+]1c(C)sc2ccc(Cl)cc21. The van der Waals surface area contributed by atoms with Crippen LogP contribution in [-0.2, 0) is 6.54 Å². The number of thiazole rings is 1. The molecule has 72 valence electrons. The van der Waals surface area contributed by atoms with Gasteiger partial charge in [-0.1, -0.05) is 29.5 Å². The zero-order chi connectivity index (χ0) is 10.1. The second-order valence-electron chi connectivity index (χ2n) is 3.13. The number of fused-ring (bicyclic) bond motifs is 1. The summed E-state index contributed by atoms with van der Waals surface area (Å²) in [5.74, 6) is 0. The minimum atomic E-state index is 0.785. The van der Waals surface area contributed by atoms with Crippen LogP contribution in [0.4, 0.5) is 0 Å². The van der Waals surface area contributed by atoms with Gasteiger partial charge in [0.15, 0.2) is 6.54 Å². The van der Waals surface area contributed by atoms with Crippen molar-refractivity contribution in [1.29, 1.82) is 0 Å². The van der Waals surface area contributed by atoms with Crippen LogP contribution in [0.3, 0.4) is 0 Å². The van der Waals surface area contributed by atoms with E-state index in [1.807, 2.05) is 18.2 Å². The van der Waals surface area contributed by atoms with Crippen molar-refractivity contribution < 1.29 is 4.57 Å². The predicted molar refractivity (Wildman–Crippen MR) is 62.0 cm³/mol. The first-order chi connectivity index (χ1) is 6.72. The minimum absolute atomic E-state index is 0.785. The molecule has 0 spiro atoms. The standard InChI is InChI=1S/C11H11ClNS/c1-3-6-13-8(2)14-11-5-4-9(12)7-10(11)13/h3-5,7H,1,6H2,2H3/q+1. The van der Waals surface area contributed by atoms with Crippen LogP contribution < -0.4 is 4.57 Å². The Kier molecular flexibility index (Phi) is 2.57. The van der Waals surface area contributed by atoms with Gasteiger partial charge in [-0.25, -0.2) is 0 Å². The van der Waals surface area contributed by atoms with Gasteiger partial charge in [0.1, 0.15) is 4.70 Å². The molecule has 1 aromatic heterocycles. The molecule has 14 heavy (non-hydrogen) atoms. The average molecular weight is 225 g/mol. The number of hydrogen-bond donors (Lipinski definition) is 0. The van der Waals surface area contributed by atoms with Crippen LogP contribution in [0.15, 0.2) is 30.9 Å². The Morgan fingerprint density at radius 1 is 1.57 bits per heavy atom. The quantitative estimate of drug-likeness (QED) is 0.544. The Morgan fingerprint density at radius 3 is 3.07 bits per heavy atom. The third-order valence-electron chi connectivity index (χ3n) is 2.16. The number of nitrogens with zero attached hydrogens (tertiary/aromatic N) is 1. The molecule has 0 bridgehead atoms. The zero-order valence-electron chi connectivity index (χ0n) is 7.96. The van der Waals surface area contributed by atoms with E-state index in [1.165, 1.54) is 15.2 Å². The Labute approximate surface area is 92.3 Å². The van der Waals surface area contributed by atoms with Gasteiger partial charge in [0.25, 0.3) is 0 Å². The van der Waals surface area contributed by atoms with Gasteiger partial charge in [-0.15, -0.1) is 0 Å². The lowest BCUT2D eigenvalue weighted by molar-refractivity contribution is -0.662. The van der Waals surface area contributed by atoms with Crippen LogP contribution >= 0.6 is 22.9 Å². The highest BCUT2D eigenvalue weighted by Crippen LogP contribution is 2.23. The monoisotopic (exact) mass is 224 g/mol. The molecule has 1 nitrogen and oxygen atoms in total. The number of benzene rings is 1. The Morgan fingerprint density at radius 2 is 2.36 bits per heavy atom. The third kappa shape index (κ3) is 1.56. The lowest BCUT2D eigenvalue weighted by atomic mass is 10.3. The molecule has 3 heteroatoms. The maximum Gasteiger partial charge on any atom is 0.235 e. The second kappa shape index (κ2) is 3.71. The number of halogens is 1. The highest BCUT2D eigenvalue weighted by molar-refractivity contribution is 7.18. The summed E-state index contributed by atoms with van der Waals surface area (Å²) in [7, 11) is 0. The molecule has 1 aromatic carbocycles. The Hall–Kier alpha value is -0.860. The lowest BCUT2D eigenvalue weighted by Gasteiger charge is -1.91. The molecule has 0 N–H and O–H groups in total. The van der Waals surface area contributed by atoms with Crippen LogP contribution in [0.2, 0.25) is 5.02 Å². The normalized spacial score (nSPS) is 10.7. The molecular weight excluding hydrogens is 214 g/mol. The van der Waals surface area contributed by atoms with E-state index in [0.717, 1.165) is 11.6 Å². The van der Waals surface area contributed by atoms with E-state index in [-0.39, 0.29) is 0 Å². The minimum Gasteiger partial charge on any atom is -0.182 e. The second-order valence-corrected chi connectivity index (χ2v) is 4.80. The number of hydrogen-bond acceptors (Lipinski definition) is 1. The molecular formula is C11H11ClNS+. The van der Waals surface area contributed by atoms with Crippen molar-refractivity contribution in [2.75, 3.05) is 0 Å². The van der Waals surface area contributed by atoms with Crippen LogP contribution in [-0.4, -0.2) is 0 Å². The number of rotatable bonds is 2. The van der Waals surface area contributed by atoms with E-state index in [4.69, 9.17) is 11.6 Å². The molecule has 0 atom stereocenters. The van der Waals surface area contributed by atoms with E-state index >= 15 is 0 Å². The summed E-state index contributed by atoms with van der Waals surface area (Å²) < 4.78 is 3.49. The summed E-state index contributed by atoms with van der Waals surface area (Å²) in [4.78, 5) is 0. The molecule has 0 fully saturated rings. The molecule has 0 unspecified atom stereocenters. The molecule has 2 aromatic rings. The highest BCUT2D eigenvalue weighted by Gasteiger charge is 2.15. The fraction of sp³-hybridized carbons (Fsp3) is 0.182. The van der Waals surface area contributed by atoms with Gasteiger partial charge < -0.3 is 0 Å². The van der Waals surface area contributed by atoms with Crippen molar-refractivity contribution >= 4 is 33.2 Å². The maximum atomic E-state index is 5.97. The number of aromatic nitrogens is 1. The van der Waals surface area contributed by atoms with E-state index < -0.39 is 0 Å². The van der Waals surface area contributed by atoms with E-state index in [0.29, 0.717) is 0 Å². The summed E-state index contributed by atoms with van der Waals surface area (Å²) in [5, 5.41) is 2.07. The lowest BCUT2D eigenvalue weighted by Crippen LogP contribution is -2.33. The molecule has 0 saturated carbocycles. The summed E-state index contributed by atoms with van der Waals surface area (Å²) in [6, 6.07) is 6.00. The topological polar surface area (TPSA) is 3.88 Å². The van der Waals surface area contributed by atoms with Crippen molar-refractivity contribution in [2.45, 2.75) is 13.5 Å². The van der Waals surface area contributed by atoms with Crippen LogP contribution in [0.25, 0.3) is 10.2 Å². The van der Waals surface area contributed by atoms with Crippen molar-refractivity contribution in [3.05, 3.63) is 40.9 Å². The van der Waals surface area contributed by atoms with Crippen molar-refractivity contribution in [3.8, 4) is 0 Å². The molecule has 0 radical (unpaired) electrons. The first-order valence-corrected chi connectivity index (χ1v) is 5.61. The fourth-order valence-electron chi connectivity index (χ4n) is 1.53. The summed E-state index contributed by atoms with van der Waals surface area (Å²) in [6.45, 7) is 6.71. The molecule has 0 saturated heterocycles. The zero-order valence-corrected chi connectivity index (χ0v) is 9.53. The van der Waals surface area contributed by atoms with Crippen LogP contribution in [0.5, 0.6) is 0 Å². The smallest absolute Gasteiger partial charge is 0.182 e. The van der Waals surface area contributed by atoms with Crippen molar-refractivity contribution in [3.63, 3.8) is 0 Å². The van der Waals surface area contributed by atoms with Crippen molar-refractivity contribution in [2.24, 2.45) is 0 Å². The fourth-order valence-corrected chi connectivity index (χ4v) is 2.71. The molecule has 0 aliphatic rings. The Bertz CT molecular complexity index is 487. The predicted octanol–water partition coefficient (Wildman–Crippen LogP) is 3.34. The van der Waals surface area contributed by atoms with Crippen LogP contribution in [0.1, 0.15) is 5.01 Å². The average Bonchev–Trinajstić information content (AvgIpc) is 2.45. The van der Waals surface area contributed by atoms with Gasteiger partial charge >= 0.3 is 0 Å². The molecule has 0 amide bonds. The molecule has 1 heterocycles. The van der Waals surface area contributed by atoms with Gasteiger partial charge in [0.05, 0.1) is 0 Å². The van der Waals surface area contributed by atoms with Gasteiger partial charge in [-0.05, 0) is 18.2 Å². The first kappa shape index (κ1) is 9.69. The maximum absolute atomic E-state index is 5.97. The largest absolute Gasteiger partial charge is 0.235 e. The molecule has 2 rings (SSSR count). The van der Waals surface area contributed by atoms with Crippen LogP contribution in [0, 0.1) is 6.92 Å². The van der Waals surface area contributed by atoms with Gasteiger partial charge in [-0.3, -0.25) is 0 Å². The summed E-state index contributed by atoms with van der Waals surface area (Å²) in [6.07, 6.45) is 1.90. The highest BCUT2D eigenvalue weighted by atomic mass is 35.5. The third-order valence-corrected chi connectivity index (χ3v) is 3.48. The van der Waals surface area contributed by atoms with E-state index in [2.05, 4.69) is 24.1 Å². The number of aryl methyl sites for hydroxylation is 1. The molecule has 0 aliphatic heterocycles. The van der Waals surface area contributed by atoms with Gasteiger partial charge in [0, 0.05) is 18.0 Å². The van der Waals surface area contributed by atoms with Gasteiger partial charge in [-0.2, -0.15) is 4.57 Å². The summed E-state index contributed by atoms with van der Waals surface area (Å²) in [5.41, 5.74) is 1.19. The molecule has 0 aliphatic carbocycles. The van der Waals surface area contributed by atoms with Gasteiger partial charge in [0.2, 0.25) is 10.5 Å². The Balaban J connectivity index is 2.72. The van der Waals surface area contributed by atoms with Crippen molar-refractivity contribution in [1.82, 2.24) is 0 Å². The number of allylic oxidation sites excluding steroid dienone is 1. The first-order valence-electron chi connectivity index (χ1n) is 4.42. The summed E-state index contributed by atoms with van der Waals surface area (Å²) >= 11 is 7.75. The van der Waals surface area contributed by atoms with E-state index in [1.54, 1.807) is 11.3 Å².